The molecule has 5 nitrogen and oxygen atoms in total. The zero-order valence-corrected chi connectivity index (χ0v) is 15.9. The van der Waals surface area contributed by atoms with Crippen LogP contribution in [0.2, 0.25) is 5.02 Å². The maximum atomic E-state index is 12.0. The molecule has 0 amide bonds. The molecule has 2 aromatic heterocycles. The predicted octanol–water partition coefficient (Wildman–Crippen LogP) is 4.52. The lowest BCUT2D eigenvalue weighted by Gasteiger charge is -2.07. The molecule has 0 saturated carbocycles. The summed E-state index contributed by atoms with van der Waals surface area (Å²) in [4.78, 5) is 13.0. The lowest BCUT2D eigenvalue weighted by atomic mass is 10.2. The van der Waals surface area contributed by atoms with Gasteiger partial charge in [-0.25, -0.2) is 0 Å². The third-order valence-electron chi connectivity index (χ3n) is 3.38. The Hall–Kier alpha value is -1.83. The zero-order valence-electron chi connectivity index (χ0n) is 13.5. The van der Waals surface area contributed by atoms with Crippen molar-refractivity contribution in [3.8, 4) is 10.7 Å². The number of esters is 1. The summed E-state index contributed by atoms with van der Waals surface area (Å²) in [6, 6.07) is 11.3. The van der Waals surface area contributed by atoms with E-state index in [0.29, 0.717) is 10.2 Å². The zero-order chi connectivity index (χ0) is 17.6. The van der Waals surface area contributed by atoms with Crippen molar-refractivity contribution in [3.05, 3.63) is 52.4 Å². The first-order valence-electron chi connectivity index (χ1n) is 7.67. The van der Waals surface area contributed by atoms with Gasteiger partial charge in [-0.15, -0.1) is 21.5 Å². The van der Waals surface area contributed by atoms with E-state index >= 15 is 0 Å². The molecular formula is C17H16ClN3O2S2. The normalized spacial score (nSPS) is 10.8. The molecule has 25 heavy (non-hydrogen) atoms. The van der Waals surface area contributed by atoms with Crippen LogP contribution in [0.5, 0.6) is 0 Å². The molecule has 0 N–H and O–H groups in total. The molecule has 0 aliphatic heterocycles. The van der Waals surface area contributed by atoms with Gasteiger partial charge in [0.25, 0.3) is 0 Å². The summed E-state index contributed by atoms with van der Waals surface area (Å²) in [7, 11) is 0. The lowest BCUT2D eigenvalue weighted by molar-refractivity contribution is -0.141. The minimum absolute atomic E-state index is 0.184. The fraction of sp³-hybridized carbons (Fsp3) is 0.235. The summed E-state index contributed by atoms with van der Waals surface area (Å²) >= 11 is 8.86. The second-order valence-electron chi connectivity index (χ2n) is 5.11. The summed E-state index contributed by atoms with van der Waals surface area (Å²) in [6.07, 6.45) is 0. The molecule has 130 valence electrons. The van der Waals surface area contributed by atoms with E-state index in [0.717, 1.165) is 22.8 Å². The standard InChI is InChI=1S/C17H16ClN3O2S2/c1-2-21-16(14-7-4-8-24-14)19-20-17(21)25-11-15(22)23-10-12-5-3-6-13(18)9-12/h3-9H,2,10-11H2,1H3. The van der Waals surface area contributed by atoms with Crippen LogP contribution in [0.25, 0.3) is 10.7 Å². The first-order valence-corrected chi connectivity index (χ1v) is 9.91. The fourth-order valence-electron chi connectivity index (χ4n) is 2.22. The van der Waals surface area contributed by atoms with Crippen LogP contribution in [-0.2, 0) is 22.7 Å². The Bertz CT molecular complexity index is 849. The molecule has 0 fully saturated rings. The SMILES string of the molecule is CCn1c(SCC(=O)OCc2cccc(Cl)c2)nnc1-c1cccs1. The van der Waals surface area contributed by atoms with Crippen LogP contribution >= 0.6 is 34.7 Å². The maximum Gasteiger partial charge on any atom is 0.316 e. The molecule has 3 rings (SSSR count). The highest BCUT2D eigenvalue weighted by Gasteiger charge is 2.15. The van der Waals surface area contributed by atoms with Crippen LogP contribution in [0, 0.1) is 0 Å². The number of hydrogen-bond donors (Lipinski definition) is 0. The van der Waals surface area contributed by atoms with Crippen LogP contribution in [0.4, 0.5) is 0 Å². The molecule has 8 heteroatoms. The van der Waals surface area contributed by atoms with E-state index in [9.17, 15) is 4.79 Å². The molecule has 0 unspecified atom stereocenters. The summed E-state index contributed by atoms with van der Waals surface area (Å²) in [5, 5.41) is 11.8. The van der Waals surface area contributed by atoms with Crippen molar-refractivity contribution in [1.29, 1.82) is 0 Å². The van der Waals surface area contributed by atoms with E-state index in [1.54, 1.807) is 23.5 Å². The van der Waals surface area contributed by atoms with Gasteiger partial charge in [-0.3, -0.25) is 4.79 Å². The van der Waals surface area contributed by atoms with E-state index in [2.05, 4.69) is 10.2 Å². The number of halogens is 1. The first kappa shape index (κ1) is 18.0. The topological polar surface area (TPSA) is 57.0 Å². The molecule has 3 aromatic rings. The number of carbonyl (C=O) groups is 1. The number of rotatable bonds is 7. The van der Waals surface area contributed by atoms with Gasteiger partial charge in [0, 0.05) is 11.6 Å². The molecule has 0 saturated heterocycles. The molecule has 0 bridgehead atoms. The van der Waals surface area contributed by atoms with Crippen molar-refractivity contribution in [2.24, 2.45) is 0 Å². The molecule has 2 heterocycles. The quantitative estimate of drug-likeness (QED) is 0.436. The van der Waals surface area contributed by atoms with Crippen molar-refractivity contribution < 1.29 is 9.53 Å². The Balaban J connectivity index is 1.57. The molecule has 0 aliphatic rings. The van der Waals surface area contributed by atoms with Crippen molar-refractivity contribution >= 4 is 40.7 Å². The Labute approximate surface area is 159 Å². The molecule has 0 spiro atoms. The van der Waals surface area contributed by atoms with Crippen LogP contribution in [-0.4, -0.2) is 26.5 Å². The minimum Gasteiger partial charge on any atom is -0.460 e. The number of nitrogens with zero attached hydrogens (tertiary/aromatic N) is 3. The van der Waals surface area contributed by atoms with Gasteiger partial charge >= 0.3 is 5.97 Å². The van der Waals surface area contributed by atoms with Crippen molar-refractivity contribution in [2.45, 2.75) is 25.2 Å². The van der Waals surface area contributed by atoms with E-state index in [1.807, 2.05) is 41.1 Å². The summed E-state index contributed by atoms with van der Waals surface area (Å²) in [5.74, 6) is 0.712. The van der Waals surface area contributed by atoms with Crippen LogP contribution in [0.1, 0.15) is 12.5 Å². The average Bonchev–Trinajstić information content (AvgIpc) is 3.27. The Morgan fingerprint density at radius 3 is 2.92 bits per heavy atom. The highest BCUT2D eigenvalue weighted by molar-refractivity contribution is 7.99. The number of thioether (sulfide) groups is 1. The van der Waals surface area contributed by atoms with E-state index in [-0.39, 0.29) is 18.3 Å². The second kappa shape index (κ2) is 8.51. The molecule has 0 radical (unpaired) electrons. The van der Waals surface area contributed by atoms with Gasteiger partial charge in [-0.1, -0.05) is 41.6 Å². The van der Waals surface area contributed by atoms with E-state index in [4.69, 9.17) is 16.3 Å². The van der Waals surface area contributed by atoms with Gasteiger partial charge in [-0.2, -0.15) is 0 Å². The van der Waals surface area contributed by atoms with Crippen LogP contribution < -0.4 is 0 Å². The third kappa shape index (κ3) is 4.62. The number of carbonyl (C=O) groups excluding carboxylic acids is 1. The largest absolute Gasteiger partial charge is 0.460 e. The number of thiophene rings is 1. The van der Waals surface area contributed by atoms with Gasteiger partial charge < -0.3 is 9.30 Å². The minimum atomic E-state index is -0.298. The highest BCUT2D eigenvalue weighted by atomic mass is 35.5. The van der Waals surface area contributed by atoms with E-state index in [1.165, 1.54) is 11.8 Å². The maximum absolute atomic E-state index is 12.0. The van der Waals surface area contributed by atoms with Crippen LogP contribution in [0.3, 0.4) is 0 Å². The molecule has 1 aromatic carbocycles. The smallest absolute Gasteiger partial charge is 0.316 e. The predicted molar refractivity (Wildman–Crippen MR) is 101 cm³/mol. The van der Waals surface area contributed by atoms with Gasteiger partial charge in [0.05, 0.1) is 10.6 Å². The first-order chi connectivity index (χ1) is 12.2. The van der Waals surface area contributed by atoms with Gasteiger partial charge in [0.15, 0.2) is 11.0 Å². The highest BCUT2D eigenvalue weighted by Crippen LogP contribution is 2.27. The summed E-state index contributed by atoms with van der Waals surface area (Å²) in [5.41, 5.74) is 0.863. The number of aromatic nitrogens is 3. The number of hydrogen-bond acceptors (Lipinski definition) is 6. The van der Waals surface area contributed by atoms with Crippen molar-refractivity contribution in [2.75, 3.05) is 5.75 Å². The van der Waals surface area contributed by atoms with Gasteiger partial charge in [0.1, 0.15) is 6.61 Å². The van der Waals surface area contributed by atoms with Gasteiger partial charge in [0.2, 0.25) is 0 Å². The Kier molecular flexibility index (Phi) is 6.12. The molecular weight excluding hydrogens is 378 g/mol. The fourth-order valence-corrected chi connectivity index (χ4v) is 3.95. The van der Waals surface area contributed by atoms with Gasteiger partial charge in [-0.05, 0) is 36.1 Å². The Morgan fingerprint density at radius 1 is 1.32 bits per heavy atom. The molecule has 0 atom stereocenters. The number of ether oxygens (including phenoxy) is 1. The molecule has 0 aliphatic carbocycles. The van der Waals surface area contributed by atoms with E-state index < -0.39 is 0 Å². The third-order valence-corrected chi connectivity index (χ3v) is 5.42. The monoisotopic (exact) mass is 393 g/mol. The average molecular weight is 394 g/mol. The van der Waals surface area contributed by atoms with Crippen molar-refractivity contribution in [3.63, 3.8) is 0 Å². The Morgan fingerprint density at radius 2 is 2.20 bits per heavy atom. The van der Waals surface area contributed by atoms with Crippen molar-refractivity contribution in [1.82, 2.24) is 14.8 Å². The second-order valence-corrected chi connectivity index (χ2v) is 7.43. The summed E-state index contributed by atoms with van der Waals surface area (Å²) in [6.45, 7) is 2.98. The summed E-state index contributed by atoms with van der Waals surface area (Å²) < 4.78 is 7.28. The van der Waals surface area contributed by atoms with Crippen LogP contribution in [0.15, 0.2) is 46.9 Å². The number of benzene rings is 1. The lowest BCUT2D eigenvalue weighted by Crippen LogP contribution is -2.08.